The molecule has 1 aliphatic heterocycles. The van der Waals surface area contributed by atoms with Gasteiger partial charge in [0, 0.05) is 29.6 Å². The highest BCUT2D eigenvalue weighted by Gasteiger charge is 2.29. The summed E-state index contributed by atoms with van der Waals surface area (Å²) in [4.78, 5) is 8.05. The monoisotopic (exact) mass is 512 g/mol. The van der Waals surface area contributed by atoms with Gasteiger partial charge in [-0.05, 0) is 104 Å². The Balaban J connectivity index is 1.25. The van der Waals surface area contributed by atoms with Crippen molar-refractivity contribution in [3.8, 4) is 11.5 Å². The van der Waals surface area contributed by atoms with Gasteiger partial charge in [-0.3, -0.25) is 4.98 Å². The number of nitrogens with zero attached hydrogens (tertiary/aromatic N) is 2. The van der Waals surface area contributed by atoms with Crippen LogP contribution in [0.2, 0.25) is 0 Å². The fraction of sp³-hybridized carbons (Fsp3) is 0.483. The van der Waals surface area contributed by atoms with Gasteiger partial charge in [0.2, 0.25) is 0 Å². The van der Waals surface area contributed by atoms with Crippen LogP contribution in [0.1, 0.15) is 37.4 Å². The Morgan fingerprint density at radius 2 is 1.94 bits per heavy atom. The number of methoxy groups -OCH3 is 2. The van der Waals surface area contributed by atoms with Crippen LogP contribution < -0.4 is 9.47 Å². The topological polar surface area (TPSA) is 54.8 Å². The number of hydrogen-bond acceptors (Lipinski definition) is 6. The molecule has 7 heteroatoms. The summed E-state index contributed by atoms with van der Waals surface area (Å²) in [7, 11) is 3.31. The number of piperidine rings is 1. The molecule has 3 atom stereocenters. The zero-order valence-corrected chi connectivity index (χ0v) is 22.1. The van der Waals surface area contributed by atoms with Gasteiger partial charge in [0.05, 0.1) is 19.7 Å². The van der Waals surface area contributed by atoms with Crippen molar-refractivity contribution in [2.24, 2.45) is 11.8 Å². The first kappa shape index (κ1) is 26.7. The van der Waals surface area contributed by atoms with Crippen molar-refractivity contribution < 1.29 is 19.0 Å². The Morgan fingerprint density at radius 1 is 1.11 bits per heavy atom. The second-order valence-electron chi connectivity index (χ2n) is 9.50. The summed E-state index contributed by atoms with van der Waals surface area (Å²) in [6.07, 6.45) is 3.95. The predicted molar refractivity (Wildman–Crippen MR) is 145 cm³/mol. The van der Waals surface area contributed by atoms with Gasteiger partial charge in [0.1, 0.15) is 17.7 Å². The molecule has 1 aromatic heterocycles. The van der Waals surface area contributed by atoms with Gasteiger partial charge in [-0.25, -0.2) is 4.39 Å². The van der Waals surface area contributed by atoms with Crippen LogP contribution in [0.3, 0.4) is 0 Å². The smallest absolute Gasteiger partial charge is 0.126 e. The molecule has 0 spiro atoms. The highest BCUT2D eigenvalue weighted by molar-refractivity contribution is 7.99. The van der Waals surface area contributed by atoms with Gasteiger partial charge >= 0.3 is 0 Å². The van der Waals surface area contributed by atoms with Crippen LogP contribution in [0.25, 0.3) is 10.9 Å². The van der Waals surface area contributed by atoms with E-state index in [0.717, 1.165) is 61.3 Å². The fourth-order valence-corrected chi connectivity index (χ4v) is 6.06. The lowest BCUT2D eigenvalue weighted by Crippen LogP contribution is -2.42. The number of halogens is 1. The molecule has 1 N–H and O–H groups in total. The molecule has 1 aliphatic rings. The van der Waals surface area contributed by atoms with E-state index in [1.807, 2.05) is 42.1 Å². The Labute approximate surface area is 218 Å². The Kier molecular flexibility index (Phi) is 9.84. The van der Waals surface area contributed by atoms with Crippen molar-refractivity contribution in [2.45, 2.75) is 36.8 Å². The third-order valence-corrected chi connectivity index (χ3v) is 8.33. The first-order valence-corrected chi connectivity index (χ1v) is 13.8. The normalized spacial score (nSPS) is 19.3. The summed E-state index contributed by atoms with van der Waals surface area (Å²) in [5.74, 6) is 3.19. The second-order valence-corrected chi connectivity index (χ2v) is 10.7. The van der Waals surface area contributed by atoms with Crippen molar-refractivity contribution in [3.05, 3.63) is 60.3 Å². The molecule has 194 valence electrons. The van der Waals surface area contributed by atoms with E-state index in [0.29, 0.717) is 23.7 Å². The lowest BCUT2D eigenvalue weighted by Gasteiger charge is -2.38. The van der Waals surface area contributed by atoms with Crippen LogP contribution in [0, 0.1) is 11.8 Å². The molecule has 3 aromatic rings. The number of aliphatic hydroxyl groups is 1. The minimum atomic E-state index is -1.06. The minimum absolute atomic E-state index is 0.159. The number of fused-ring (bicyclic) bond motifs is 1. The van der Waals surface area contributed by atoms with Gasteiger partial charge in [-0.1, -0.05) is 6.07 Å². The van der Waals surface area contributed by atoms with Crippen LogP contribution in [-0.2, 0) is 0 Å². The quantitative estimate of drug-likeness (QED) is 0.232. The SMILES string of the molecule is COc1cccc(SCCCN2CC[C@@H](CCC(F)c3ccnc4ccc(OC)cc34)[C@@H](CO)C2)c1. The summed E-state index contributed by atoms with van der Waals surface area (Å²) >= 11 is 1.85. The minimum Gasteiger partial charge on any atom is -0.497 e. The first-order valence-electron chi connectivity index (χ1n) is 12.8. The van der Waals surface area contributed by atoms with Crippen LogP contribution in [0.5, 0.6) is 11.5 Å². The lowest BCUT2D eigenvalue weighted by molar-refractivity contribution is 0.0640. The number of thioether (sulfide) groups is 1. The van der Waals surface area contributed by atoms with E-state index in [4.69, 9.17) is 9.47 Å². The van der Waals surface area contributed by atoms with Crippen LogP contribution in [-0.4, -0.2) is 61.2 Å². The highest BCUT2D eigenvalue weighted by Crippen LogP contribution is 2.35. The fourth-order valence-electron chi connectivity index (χ4n) is 5.18. The van der Waals surface area contributed by atoms with E-state index < -0.39 is 6.17 Å². The van der Waals surface area contributed by atoms with Crippen molar-refractivity contribution in [1.29, 1.82) is 0 Å². The molecule has 0 radical (unpaired) electrons. The predicted octanol–water partition coefficient (Wildman–Crippen LogP) is 6.16. The van der Waals surface area contributed by atoms with Crippen LogP contribution >= 0.6 is 11.8 Å². The van der Waals surface area contributed by atoms with Crippen LogP contribution in [0.4, 0.5) is 4.39 Å². The van der Waals surface area contributed by atoms with Gasteiger partial charge in [0.25, 0.3) is 0 Å². The molecule has 1 saturated heterocycles. The van der Waals surface area contributed by atoms with Crippen molar-refractivity contribution >= 4 is 22.7 Å². The molecule has 0 saturated carbocycles. The molecule has 2 aromatic carbocycles. The average molecular weight is 513 g/mol. The number of likely N-dealkylation sites (tertiary alicyclic amines) is 1. The lowest BCUT2D eigenvalue weighted by atomic mass is 9.81. The average Bonchev–Trinajstić information content (AvgIpc) is 2.93. The number of rotatable bonds is 12. The summed E-state index contributed by atoms with van der Waals surface area (Å²) in [6, 6.07) is 15.5. The molecule has 0 bridgehead atoms. The van der Waals surface area contributed by atoms with E-state index >= 15 is 4.39 Å². The summed E-state index contributed by atoms with van der Waals surface area (Å²) in [5, 5.41) is 10.9. The molecule has 0 aliphatic carbocycles. The largest absolute Gasteiger partial charge is 0.497 e. The maximum Gasteiger partial charge on any atom is 0.126 e. The highest BCUT2D eigenvalue weighted by atomic mass is 32.2. The zero-order chi connectivity index (χ0) is 25.3. The summed E-state index contributed by atoms with van der Waals surface area (Å²) in [5.41, 5.74) is 1.45. The molecule has 0 amide bonds. The van der Waals surface area contributed by atoms with Crippen molar-refractivity contribution in [1.82, 2.24) is 9.88 Å². The van der Waals surface area contributed by atoms with E-state index in [1.165, 1.54) is 4.90 Å². The molecule has 4 rings (SSSR count). The summed E-state index contributed by atoms with van der Waals surface area (Å²) < 4.78 is 26.0. The number of alkyl halides is 1. The van der Waals surface area contributed by atoms with Gasteiger partial charge < -0.3 is 19.5 Å². The van der Waals surface area contributed by atoms with E-state index in [9.17, 15) is 5.11 Å². The molecule has 5 nitrogen and oxygen atoms in total. The molecular formula is C29H37FN2O3S. The first-order chi connectivity index (χ1) is 17.6. The maximum atomic E-state index is 15.4. The number of ether oxygens (including phenoxy) is 2. The third-order valence-electron chi connectivity index (χ3n) is 7.25. The standard InChI is InChI=1S/C29H37FN2O3S/c1-34-23-5-3-6-25(17-23)36-16-4-14-32-15-12-21(22(19-32)20-33)7-9-28(30)26-11-13-31-29-10-8-24(35-2)18-27(26)29/h3,5-6,8,10-11,13,17-18,21-22,28,33H,4,7,9,12,14-16,19-20H2,1-2H3/t21-,22-,28?/m1/s1. The third kappa shape index (κ3) is 6.90. The number of aliphatic hydroxyl groups excluding tert-OH is 1. The second kappa shape index (κ2) is 13.3. The van der Waals surface area contributed by atoms with Gasteiger partial charge in [-0.2, -0.15) is 0 Å². The Hall–Kier alpha value is -2.35. The van der Waals surface area contributed by atoms with E-state index in [2.05, 4.69) is 22.0 Å². The number of hydrogen-bond donors (Lipinski definition) is 1. The molecule has 2 heterocycles. The Bertz CT molecular complexity index is 1110. The van der Waals surface area contributed by atoms with Crippen LogP contribution in [0.15, 0.2) is 59.6 Å². The Morgan fingerprint density at radius 3 is 2.75 bits per heavy atom. The van der Waals surface area contributed by atoms with Gasteiger partial charge in [-0.15, -0.1) is 11.8 Å². The maximum absolute atomic E-state index is 15.4. The number of pyridine rings is 1. The van der Waals surface area contributed by atoms with E-state index in [1.54, 1.807) is 26.5 Å². The van der Waals surface area contributed by atoms with E-state index in [-0.39, 0.29) is 12.5 Å². The van der Waals surface area contributed by atoms with Crippen molar-refractivity contribution in [3.63, 3.8) is 0 Å². The molecule has 36 heavy (non-hydrogen) atoms. The molecule has 1 fully saturated rings. The van der Waals surface area contributed by atoms with Crippen molar-refractivity contribution in [2.75, 3.05) is 46.2 Å². The summed E-state index contributed by atoms with van der Waals surface area (Å²) in [6.45, 7) is 3.08. The van der Waals surface area contributed by atoms with Gasteiger partial charge in [0.15, 0.2) is 0 Å². The molecule has 1 unspecified atom stereocenters. The number of benzene rings is 2. The number of aromatic nitrogens is 1. The molecular weight excluding hydrogens is 475 g/mol. The zero-order valence-electron chi connectivity index (χ0n) is 21.2.